The molecule has 4 nitrogen and oxygen atoms in total. The minimum atomic E-state index is 0.318. The van der Waals surface area contributed by atoms with Crippen molar-refractivity contribution in [3.63, 3.8) is 0 Å². The highest BCUT2D eigenvalue weighted by atomic mass is 79.9. The van der Waals surface area contributed by atoms with Gasteiger partial charge < -0.3 is 4.90 Å². The van der Waals surface area contributed by atoms with E-state index in [4.69, 9.17) is 0 Å². The van der Waals surface area contributed by atoms with Crippen molar-refractivity contribution in [3.05, 3.63) is 34.3 Å². The molecule has 1 aromatic rings. The maximum Gasteiger partial charge on any atom is 0.236 e. The second kappa shape index (κ2) is 7.57. The Morgan fingerprint density at radius 1 is 0.909 bits per heavy atom. The van der Waals surface area contributed by atoms with E-state index in [0.717, 1.165) is 50.3 Å². The van der Waals surface area contributed by atoms with Gasteiger partial charge in [0, 0.05) is 50.3 Å². The molecule has 0 N–H and O–H groups in total. The van der Waals surface area contributed by atoms with E-state index in [2.05, 4.69) is 50.0 Å². The summed E-state index contributed by atoms with van der Waals surface area (Å²) >= 11 is 3.47. The van der Waals surface area contributed by atoms with Gasteiger partial charge in [-0.2, -0.15) is 0 Å². The van der Waals surface area contributed by atoms with Gasteiger partial charge in [0.2, 0.25) is 5.91 Å². The summed E-state index contributed by atoms with van der Waals surface area (Å²) in [7, 11) is 0. The van der Waals surface area contributed by atoms with Crippen LogP contribution >= 0.6 is 15.9 Å². The number of rotatable bonds is 4. The van der Waals surface area contributed by atoms with E-state index < -0.39 is 0 Å². The number of hydrogen-bond donors (Lipinski definition) is 0. The van der Waals surface area contributed by atoms with Gasteiger partial charge >= 0.3 is 0 Å². The van der Waals surface area contributed by atoms with Crippen LogP contribution in [-0.2, 0) is 11.3 Å². The standard InChI is InChI=1S/C17H24BrN3O/c18-16-5-3-15(4-6-16)13-19-9-11-20(12-10-19)14-17(22)21-7-1-2-8-21/h3-6H,1-2,7-14H2. The lowest BCUT2D eigenvalue weighted by molar-refractivity contribution is -0.131. The van der Waals surface area contributed by atoms with Crippen LogP contribution in [0.2, 0.25) is 0 Å². The molecule has 2 aliphatic heterocycles. The molecule has 0 aromatic heterocycles. The van der Waals surface area contributed by atoms with Gasteiger partial charge in [-0.05, 0) is 30.5 Å². The highest BCUT2D eigenvalue weighted by Crippen LogP contribution is 2.14. The summed E-state index contributed by atoms with van der Waals surface area (Å²) in [5.74, 6) is 0.318. The second-order valence-electron chi connectivity index (χ2n) is 6.27. The maximum atomic E-state index is 12.2. The molecule has 0 radical (unpaired) electrons. The smallest absolute Gasteiger partial charge is 0.236 e. The Kier molecular flexibility index (Phi) is 5.50. The Labute approximate surface area is 141 Å². The third kappa shape index (κ3) is 4.31. The van der Waals surface area contributed by atoms with E-state index >= 15 is 0 Å². The predicted octanol–water partition coefficient (Wildman–Crippen LogP) is 2.19. The number of carbonyl (C=O) groups excluding carboxylic acids is 1. The van der Waals surface area contributed by atoms with Gasteiger partial charge in [0.05, 0.1) is 6.54 Å². The lowest BCUT2D eigenvalue weighted by atomic mass is 10.2. The first kappa shape index (κ1) is 16.0. The highest BCUT2D eigenvalue weighted by molar-refractivity contribution is 9.10. The van der Waals surface area contributed by atoms with Crippen LogP contribution in [0.15, 0.2) is 28.7 Å². The minimum Gasteiger partial charge on any atom is -0.342 e. The van der Waals surface area contributed by atoms with Gasteiger partial charge in [0.15, 0.2) is 0 Å². The van der Waals surface area contributed by atoms with Gasteiger partial charge in [0.1, 0.15) is 0 Å². The van der Waals surface area contributed by atoms with Crippen molar-refractivity contribution in [3.8, 4) is 0 Å². The summed E-state index contributed by atoms with van der Waals surface area (Å²) in [6.45, 7) is 7.61. The van der Waals surface area contributed by atoms with Crippen LogP contribution < -0.4 is 0 Å². The normalized spacial score (nSPS) is 20.5. The molecule has 2 heterocycles. The SMILES string of the molecule is O=C(CN1CCN(Cc2ccc(Br)cc2)CC1)N1CCCC1. The Morgan fingerprint density at radius 2 is 1.50 bits per heavy atom. The fourth-order valence-corrected chi connectivity index (χ4v) is 3.48. The lowest BCUT2D eigenvalue weighted by Crippen LogP contribution is -2.49. The molecule has 2 saturated heterocycles. The number of piperazine rings is 1. The molecule has 0 unspecified atom stereocenters. The van der Waals surface area contributed by atoms with E-state index in [0.29, 0.717) is 12.5 Å². The number of likely N-dealkylation sites (tertiary alicyclic amines) is 1. The number of amides is 1. The molecular formula is C17H24BrN3O. The van der Waals surface area contributed by atoms with Crippen LogP contribution in [0.5, 0.6) is 0 Å². The first-order valence-electron chi connectivity index (χ1n) is 8.18. The summed E-state index contributed by atoms with van der Waals surface area (Å²) in [6, 6.07) is 8.54. The third-order valence-electron chi connectivity index (χ3n) is 4.60. The van der Waals surface area contributed by atoms with E-state index in [1.165, 1.54) is 18.4 Å². The van der Waals surface area contributed by atoms with Crippen molar-refractivity contribution in [2.75, 3.05) is 45.8 Å². The van der Waals surface area contributed by atoms with Crippen LogP contribution in [0.3, 0.4) is 0 Å². The summed E-state index contributed by atoms with van der Waals surface area (Å²) in [5.41, 5.74) is 1.35. The Bertz CT molecular complexity index is 491. The van der Waals surface area contributed by atoms with Crippen molar-refractivity contribution >= 4 is 21.8 Å². The van der Waals surface area contributed by atoms with E-state index in [1.54, 1.807) is 0 Å². The van der Waals surface area contributed by atoms with Crippen molar-refractivity contribution in [2.24, 2.45) is 0 Å². The van der Waals surface area contributed by atoms with Gasteiger partial charge in [-0.25, -0.2) is 0 Å². The molecule has 22 heavy (non-hydrogen) atoms. The number of halogens is 1. The van der Waals surface area contributed by atoms with Crippen LogP contribution in [0.1, 0.15) is 18.4 Å². The molecule has 2 fully saturated rings. The van der Waals surface area contributed by atoms with Gasteiger partial charge in [-0.3, -0.25) is 14.6 Å². The summed E-state index contributed by atoms with van der Waals surface area (Å²) in [4.78, 5) is 19.0. The maximum absolute atomic E-state index is 12.2. The van der Waals surface area contributed by atoms with Gasteiger partial charge in [-0.15, -0.1) is 0 Å². The molecular weight excluding hydrogens is 342 g/mol. The first-order valence-corrected chi connectivity index (χ1v) is 8.97. The zero-order chi connectivity index (χ0) is 15.4. The molecule has 1 amide bonds. The molecule has 0 spiro atoms. The molecule has 5 heteroatoms. The molecule has 0 bridgehead atoms. The zero-order valence-electron chi connectivity index (χ0n) is 13.0. The van der Waals surface area contributed by atoms with Crippen molar-refractivity contribution in [1.82, 2.24) is 14.7 Å². The number of benzene rings is 1. The molecule has 0 atom stereocenters. The van der Waals surface area contributed by atoms with E-state index in [-0.39, 0.29) is 0 Å². The summed E-state index contributed by atoms with van der Waals surface area (Å²) in [5, 5.41) is 0. The Hall–Kier alpha value is -0.910. The quantitative estimate of drug-likeness (QED) is 0.818. The predicted molar refractivity (Wildman–Crippen MR) is 91.7 cm³/mol. The highest BCUT2D eigenvalue weighted by Gasteiger charge is 2.23. The molecule has 120 valence electrons. The fraction of sp³-hybridized carbons (Fsp3) is 0.588. The van der Waals surface area contributed by atoms with Crippen LogP contribution in [-0.4, -0.2) is 66.4 Å². The van der Waals surface area contributed by atoms with Crippen LogP contribution in [0, 0.1) is 0 Å². The minimum absolute atomic E-state index is 0.318. The third-order valence-corrected chi connectivity index (χ3v) is 5.13. The number of hydrogen-bond acceptors (Lipinski definition) is 3. The molecule has 3 rings (SSSR count). The van der Waals surface area contributed by atoms with Crippen molar-refractivity contribution in [1.29, 1.82) is 0 Å². The fourth-order valence-electron chi connectivity index (χ4n) is 3.21. The van der Waals surface area contributed by atoms with E-state index in [9.17, 15) is 4.79 Å². The lowest BCUT2D eigenvalue weighted by Gasteiger charge is -2.35. The second-order valence-corrected chi connectivity index (χ2v) is 7.18. The average Bonchev–Trinajstić information content (AvgIpc) is 3.06. The van der Waals surface area contributed by atoms with E-state index in [1.807, 2.05) is 4.90 Å². The van der Waals surface area contributed by atoms with Crippen molar-refractivity contribution < 1.29 is 4.79 Å². The van der Waals surface area contributed by atoms with Crippen LogP contribution in [0.25, 0.3) is 0 Å². The topological polar surface area (TPSA) is 26.8 Å². The molecule has 2 aliphatic rings. The zero-order valence-corrected chi connectivity index (χ0v) is 14.6. The van der Waals surface area contributed by atoms with Crippen molar-refractivity contribution in [2.45, 2.75) is 19.4 Å². The van der Waals surface area contributed by atoms with Gasteiger partial charge in [-0.1, -0.05) is 28.1 Å². The summed E-state index contributed by atoms with van der Waals surface area (Å²) < 4.78 is 1.13. The average molecular weight is 366 g/mol. The summed E-state index contributed by atoms with van der Waals surface area (Å²) in [6.07, 6.45) is 2.35. The van der Waals surface area contributed by atoms with Gasteiger partial charge in [0.25, 0.3) is 0 Å². The Balaban J connectivity index is 1.42. The molecule has 0 saturated carbocycles. The molecule has 0 aliphatic carbocycles. The molecule has 1 aromatic carbocycles. The van der Waals surface area contributed by atoms with Crippen LogP contribution in [0.4, 0.5) is 0 Å². The number of carbonyl (C=O) groups is 1. The first-order chi connectivity index (χ1) is 10.7. The number of nitrogens with zero attached hydrogens (tertiary/aromatic N) is 3. The Morgan fingerprint density at radius 3 is 2.14 bits per heavy atom. The largest absolute Gasteiger partial charge is 0.342 e. The monoisotopic (exact) mass is 365 g/mol.